The first-order valence-electron chi connectivity index (χ1n) is 10.5. The molecule has 0 heterocycles. The number of alkyl halides is 2. The Morgan fingerprint density at radius 2 is 1.84 bits per heavy atom. The Bertz CT molecular complexity index is 654. The van der Waals surface area contributed by atoms with Gasteiger partial charge in [-0.25, -0.2) is 0 Å². The quantitative estimate of drug-likeness (QED) is 0.145. The first kappa shape index (κ1) is 29.3. The second-order valence-electron chi connectivity index (χ2n) is 7.22. The van der Waals surface area contributed by atoms with Gasteiger partial charge in [0.15, 0.2) is 0 Å². The molecule has 1 aromatic rings. The van der Waals surface area contributed by atoms with Gasteiger partial charge in [-0.3, -0.25) is 4.79 Å². The van der Waals surface area contributed by atoms with Gasteiger partial charge in [0.2, 0.25) is 0 Å². The number of nitrogens with zero attached hydrogens (tertiary/aromatic N) is 2. The van der Waals surface area contributed by atoms with Crippen molar-refractivity contribution in [2.45, 2.75) is 19.4 Å². The molecule has 0 bridgehead atoms. The molecule has 12 heteroatoms. The van der Waals surface area contributed by atoms with Crippen LogP contribution in [0.1, 0.15) is 18.4 Å². The molecule has 1 rings (SSSR count). The average molecular weight is 516 g/mol. The summed E-state index contributed by atoms with van der Waals surface area (Å²) < 4.78 is 18.5. The van der Waals surface area contributed by atoms with E-state index in [1.807, 2.05) is 36.2 Å². The maximum atomic E-state index is 10.6. The molecular formula is C20H36Cl2N3O6P. The molecule has 0 amide bonds. The van der Waals surface area contributed by atoms with Crippen LogP contribution >= 0.6 is 31.2 Å². The molecule has 0 aliphatic carbocycles. The smallest absolute Gasteiger partial charge is 0.304 e. The molecule has 186 valence electrons. The predicted molar refractivity (Wildman–Crippen MR) is 130 cm³/mol. The van der Waals surface area contributed by atoms with Gasteiger partial charge in [0.25, 0.3) is 0 Å². The van der Waals surface area contributed by atoms with Crippen molar-refractivity contribution in [1.82, 2.24) is 9.57 Å². The summed E-state index contributed by atoms with van der Waals surface area (Å²) in [5.74, 6) is 0.600. The van der Waals surface area contributed by atoms with Gasteiger partial charge < -0.3 is 10.0 Å². The van der Waals surface area contributed by atoms with E-state index >= 15 is 0 Å². The van der Waals surface area contributed by atoms with Gasteiger partial charge in [-0.05, 0) is 7.05 Å². The first-order chi connectivity index (χ1) is 15.3. The molecule has 0 aromatic heterocycles. The van der Waals surface area contributed by atoms with Crippen LogP contribution < -0.4 is 10.2 Å². The summed E-state index contributed by atoms with van der Waals surface area (Å²) in [6.07, 6.45) is 0.931. The molecule has 32 heavy (non-hydrogen) atoms. The van der Waals surface area contributed by atoms with E-state index in [2.05, 4.69) is 0 Å². The van der Waals surface area contributed by atoms with E-state index in [-0.39, 0.29) is 19.6 Å². The summed E-state index contributed by atoms with van der Waals surface area (Å²) >= 11 is 11.5. The van der Waals surface area contributed by atoms with Crippen LogP contribution in [0.3, 0.4) is 0 Å². The number of carboxylic acids is 1. The molecule has 0 unspecified atom stereocenters. The molecule has 0 fully saturated rings. The molecule has 9 nitrogen and oxygen atoms in total. The van der Waals surface area contributed by atoms with Crippen molar-refractivity contribution >= 4 is 37.2 Å². The SMILES string of the molecule is CN(CCCOc1cccc(COCCO[PH](N)(O)N(CCCl)CCCl)c1)CCC(=O)O. The summed E-state index contributed by atoms with van der Waals surface area (Å²) in [5.41, 5.74) is 6.88. The Balaban J connectivity index is 2.28. The fraction of sp³-hybridized carbons (Fsp3) is 0.650. The van der Waals surface area contributed by atoms with Crippen molar-refractivity contribution in [3.8, 4) is 5.75 Å². The van der Waals surface area contributed by atoms with Gasteiger partial charge in [-0.2, -0.15) is 0 Å². The summed E-state index contributed by atoms with van der Waals surface area (Å²) in [6.45, 7) is 3.43. The third-order valence-corrected chi connectivity index (χ3v) is 6.85. The Hall–Kier alpha value is -0.740. The zero-order valence-electron chi connectivity index (χ0n) is 18.5. The van der Waals surface area contributed by atoms with Crippen LogP contribution in [0, 0.1) is 0 Å². The van der Waals surface area contributed by atoms with Crippen LogP contribution in [0.2, 0.25) is 0 Å². The van der Waals surface area contributed by atoms with E-state index in [1.165, 1.54) is 0 Å². The summed E-state index contributed by atoms with van der Waals surface area (Å²) in [4.78, 5) is 22.9. The van der Waals surface area contributed by atoms with Crippen LogP contribution in [-0.2, 0) is 20.7 Å². The minimum Gasteiger partial charge on any atom is -0.481 e. The number of aliphatic carboxylic acids is 1. The molecule has 1 aromatic carbocycles. The Morgan fingerprint density at radius 3 is 2.50 bits per heavy atom. The number of carbonyl (C=O) groups is 1. The van der Waals surface area contributed by atoms with Gasteiger partial charge in [0.05, 0.1) is 6.42 Å². The van der Waals surface area contributed by atoms with Crippen molar-refractivity contribution in [3.05, 3.63) is 29.8 Å². The fourth-order valence-electron chi connectivity index (χ4n) is 2.82. The van der Waals surface area contributed by atoms with E-state index < -0.39 is 14.0 Å². The van der Waals surface area contributed by atoms with Crippen molar-refractivity contribution in [2.24, 2.45) is 5.50 Å². The van der Waals surface area contributed by atoms with Crippen molar-refractivity contribution in [2.75, 3.05) is 64.8 Å². The molecule has 0 aliphatic rings. The van der Waals surface area contributed by atoms with Crippen molar-refractivity contribution in [3.63, 3.8) is 0 Å². The topological polar surface area (TPSA) is 118 Å². The van der Waals surface area contributed by atoms with Gasteiger partial charge in [-0.1, -0.05) is 0 Å². The number of benzene rings is 1. The Labute approximate surface area is 200 Å². The Morgan fingerprint density at radius 1 is 1.12 bits per heavy atom. The van der Waals surface area contributed by atoms with Crippen LogP contribution in [0.4, 0.5) is 0 Å². The number of hydrogen-bond acceptors (Lipinski definition) is 8. The molecule has 4 N–H and O–H groups in total. The number of halogens is 2. The molecule has 0 atom stereocenters. The van der Waals surface area contributed by atoms with Crippen LogP contribution in [0.25, 0.3) is 0 Å². The predicted octanol–water partition coefficient (Wildman–Crippen LogP) is 2.54. The van der Waals surface area contributed by atoms with Gasteiger partial charge in [-0.15, -0.1) is 0 Å². The van der Waals surface area contributed by atoms with E-state index in [9.17, 15) is 9.69 Å². The van der Waals surface area contributed by atoms with Crippen LogP contribution in [0.15, 0.2) is 24.3 Å². The fourth-order valence-corrected chi connectivity index (χ4v) is 4.94. The summed E-state index contributed by atoms with van der Waals surface area (Å²) in [7, 11) is -1.62. The Kier molecular flexibility index (Phi) is 15.4. The van der Waals surface area contributed by atoms with Crippen LogP contribution in [0.5, 0.6) is 5.75 Å². The third kappa shape index (κ3) is 13.1. The molecule has 0 spiro atoms. The third-order valence-electron chi connectivity index (χ3n) is 4.53. The first-order valence-corrected chi connectivity index (χ1v) is 13.5. The number of hydrogen-bond donors (Lipinski definition) is 3. The molecule has 0 saturated carbocycles. The summed E-state index contributed by atoms with van der Waals surface area (Å²) in [5, 5.41) is 8.70. The average Bonchev–Trinajstić information content (AvgIpc) is 2.75. The summed E-state index contributed by atoms with van der Waals surface area (Å²) in [6, 6.07) is 7.62. The zero-order valence-corrected chi connectivity index (χ0v) is 21.1. The monoisotopic (exact) mass is 515 g/mol. The number of carboxylic acid groups (broad SMARTS) is 1. The van der Waals surface area contributed by atoms with Crippen molar-refractivity contribution < 1.29 is 28.8 Å². The number of rotatable bonds is 19. The molecule has 0 radical (unpaired) electrons. The van der Waals surface area contributed by atoms with Gasteiger partial charge >= 0.3 is 166 Å². The van der Waals surface area contributed by atoms with E-state index in [4.69, 9.17) is 47.8 Å². The minimum absolute atomic E-state index is 0.135. The van der Waals surface area contributed by atoms with Gasteiger partial charge in [0.1, 0.15) is 0 Å². The largest absolute Gasteiger partial charge is 0.481 e. The van der Waals surface area contributed by atoms with E-state index in [0.29, 0.717) is 44.6 Å². The normalized spacial score (nSPS) is 12.5. The zero-order chi connectivity index (χ0) is 23.8. The van der Waals surface area contributed by atoms with Gasteiger partial charge in [0, 0.05) is 6.54 Å². The molecule has 0 saturated heterocycles. The molecule has 0 aliphatic heterocycles. The van der Waals surface area contributed by atoms with Crippen molar-refractivity contribution in [1.29, 1.82) is 0 Å². The number of nitrogens with two attached hydrogens (primary N) is 1. The van der Waals surface area contributed by atoms with E-state index in [1.54, 1.807) is 4.67 Å². The van der Waals surface area contributed by atoms with Crippen LogP contribution in [-0.4, -0.2) is 90.3 Å². The standard InChI is InChI=1S/C20H36Cl2N3O6P/c1-24(10-6-20(26)27)9-3-13-30-19-5-2-4-18(16-19)17-29-14-15-31-32(23,28)25(11-7-21)12-8-22/h2,4-5,16,28,32H,3,6-15,17,23H2,1H3,(H,26,27). The second kappa shape index (κ2) is 16.8. The maximum Gasteiger partial charge on any atom is 0.304 e. The number of ether oxygens (including phenoxy) is 2. The van der Waals surface area contributed by atoms with E-state index in [0.717, 1.165) is 24.3 Å². The minimum atomic E-state index is -3.52. The second-order valence-corrected chi connectivity index (χ2v) is 10.2. The molecular weight excluding hydrogens is 480 g/mol. The maximum absolute atomic E-state index is 10.6.